The number of hydrogen-bond donors (Lipinski definition) is 2. The third kappa shape index (κ3) is 5.47. The summed E-state index contributed by atoms with van der Waals surface area (Å²) in [6, 6.07) is 10.1. The van der Waals surface area contributed by atoms with Crippen molar-refractivity contribution < 1.29 is 19.1 Å². The van der Waals surface area contributed by atoms with Crippen molar-refractivity contribution in [1.82, 2.24) is 5.32 Å². The van der Waals surface area contributed by atoms with Gasteiger partial charge >= 0.3 is 0 Å². The van der Waals surface area contributed by atoms with Gasteiger partial charge in [-0.25, -0.2) is 0 Å². The fourth-order valence-electron chi connectivity index (χ4n) is 2.42. The predicted molar refractivity (Wildman–Crippen MR) is 109 cm³/mol. The zero-order valence-electron chi connectivity index (χ0n) is 15.6. The Balaban J connectivity index is 2.20. The number of halogens is 1. The standard InChI is InChI=1S/C20H23BrN2O4/c1-4-9-22-19(24)13-7-6-8-15(10-13)23-20(25)14-11-16(21)18(27-5-2)17(12-14)26-3/h6-8,10-12H,4-5,9H2,1-3H3,(H,22,24)(H,23,25). The first-order chi connectivity index (χ1) is 13.0. The molecule has 0 heterocycles. The van der Waals surface area contributed by atoms with E-state index in [4.69, 9.17) is 9.47 Å². The quantitative estimate of drug-likeness (QED) is 0.650. The molecule has 0 spiro atoms. The lowest BCUT2D eigenvalue weighted by Crippen LogP contribution is -2.24. The van der Waals surface area contributed by atoms with Crippen LogP contribution in [0.3, 0.4) is 0 Å². The maximum atomic E-state index is 12.6. The van der Waals surface area contributed by atoms with Gasteiger partial charge in [0.2, 0.25) is 0 Å². The summed E-state index contributed by atoms with van der Waals surface area (Å²) in [7, 11) is 1.52. The summed E-state index contributed by atoms with van der Waals surface area (Å²) in [4.78, 5) is 24.7. The molecule has 0 atom stereocenters. The van der Waals surface area contributed by atoms with Crippen LogP contribution in [0, 0.1) is 0 Å². The highest BCUT2D eigenvalue weighted by molar-refractivity contribution is 9.10. The molecule has 2 aromatic rings. The van der Waals surface area contributed by atoms with Gasteiger partial charge in [-0.15, -0.1) is 0 Å². The number of benzene rings is 2. The van der Waals surface area contributed by atoms with Crippen LogP contribution >= 0.6 is 15.9 Å². The summed E-state index contributed by atoms with van der Waals surface area (Å²) in [5, 5.41) is 5.62. The van der Waals surface area contributed by atoms with Crippen molar-refractivity contribution >= 4 is 33.4 Å². The number of carbonyl (C=O) groups is 2. The summed E-state index contributed by atoms with van der Waals surface area (Å²) in [6.07, 6.45) is 0.858. The second-order valence-electron chi connectivity index (χ2n) is 5.71. The Labute approximate surface area is 167 Å². The Morgan fingerprint density at radius 1 is 1.07 bits per heavy atom. The van der Waals surface area contributed by atoms with E-state index in [1.165, 1.54) is 7.11 Å². The molecule has 0 saturated carbocycles. The third-order valence-electron chi connectivity index (χ3n) is 3.70. The molecule has 0 radical (unpaired) electrons. The van der Waals surface area contributed by atoms with E-state index in [9.17, 15) is 9.59 Å². The maximum Gasteiger partial charge on any atom is 0.255 e. The van der Waals surface area contributed by atoms with Crippen molar-refractivity contribution in [2.45, 2.75) is 20.3 Å². The molecule has 0 aromatic heterocycles. The van der Waals surface area contributed by atoms with E-state index < -0.39 is 0 Å². The van der Waals surface area contributed by atoms with Gasteiger partial charge < -0.3 is 20.1 Å². The van der Waals surface area contributed by atoms with Crippen molar-refractivity contribution in [3.8, 4) is 11.5 Å². The average molecular weight is 435 g/mol. The molecule has 7 heteroatoms. The molecule has 2 rings (SSSR count). The van der Waals surface area contributed by atoms with E-state index in [1.807, 2.05) is 13.8 Å². The molecule has 0 saturated heterocycles. The summed E-state index contributed by atoms with van der Waals surface area (Å²) in [6.45, 7) is 4.94. The zero-order chi connectivity index (χ0) is 19.8. The molecule has 0 aliphatic heterocycles. The van der Waals surface area contributed by atoms with Gasteiger partial charge in [-0.05, 0) is 59.6 Å². The van der Waals surface area contributed by atoms with Gasteiger partial charge in [0.25, 0.3) is 11.8 Å². The molecule has 2 amide bonds. The number of carbonyl (C=O) groups excluding carboxylic acids is 2. The molecule has 6 nitrogen and oxygen atoms in total. The van der Waals surface area contributed by atoms with E-state index in [0.29, 0.717) is 45.9 Å². The van der Waals surface area contributed by atoms with Gasteiger partial charge in [-0.3, -0.25) is 9.59 Å². The van der Waals surface area contributed by atoms with E-state index in [1.54, 1.807) is 36.4 Å². The van der Waals surface area contributed by atoms with Crippen LogP contribution < -0.4 is 20.1 Å². The first kappa shape index (κ1) is 20.8. The summed E-state index contributed by atoms with van der Waals surface area (Å²) in [5.74, 6) is 0.525. The second kappa shape index (κ2) is 9.97. The second-order valence-corrected chi connectivity index (χ2v) is 6.57. The minimum Gasteiger partial charge on any atom is -0.493 e. The van der Waals surface area contributed by atoms with E-state index >= 15 is 0 Å². The monoisotopic (exact) mass is 434 g/mol. The van der Waals surface area contributed by atoms with Gasteiger partial charge in [0.05, 0.1) is 18.2 Å². The average Bonchev–Trinajstić information content (AvgIpc) is 2.67. The van der Waals surface area contributed by atoms with Crippen molar-refractivity contribution in [2.75, 3.05) is 25.6 Å². The molecule has 0 bridgehead atoms. The zero-order valence-corrected chi connectivity index (χ0v) is 17.2. The molecule has 144 valence electrons. The first-order valence-electron chi connectivity index (χ1n) is 8.70. The van der Waals surface area contributed by atoms with Crippen LogP contribution in [-0.4, -0.2) is 32.1 Å². The van der Waals surface area contributed by atoms with E-state index in [-0.39, 0.29) is 11.8 Å². The molecule has 0 fully saturated rings. The largest absolute Gasteiger partial charge is 0.493 e. The molecule has 0 unspecified atom stereocenters. The highest BCUT2D eigenvalue weighted by atomic mass is 79.9. The molecule has 27 heavy (non-hydrogen) atoms. The van der Waals surface area contributed by atoms with Crippen LogP contribution in [0.2, 0.25) is 0 Å². The number of anilines is 1. The minimum absolute atomic E-state index is 0.168. The van der Waals surface area contributed by atoms with Crippen molar-refractivity contribution in [2.24, 2.45) is 0 Å². The van der Waals surface area contributed by atoms with Crippen LogP contribution in [-0.2, 0) is 0 Å². The minimum atomic E-state index is -0.317. The first-order valence-corrected chi connectivity index (χ1v) is 9.49. The third-order valence-corrected chi connectivity index (χ3v) is 4.29. The topological polar surface area (TPSA) is 76.7 Å². The normalized spacial score (nSPS) is 10.2. The van der Waals surface area contributed by atoms with Crippen molar-refractivity contribution in [3.63, 3.8) is 0 Å². The number of hydrogen-bond acceptors (Lipinski definition) is 4. The van der Waals surface area contributed by atoms with E-state index in [2.05, 4.69) is 26.6 Å². The smallest absolute Gasteiger partial charge is 0.255 e. The van der Waals surface area contributed by atoms with Gasteiger partial charge in [0.15, 0.2) is 11.5 Å². The lowest BCUT2D eigenvalue weighted by atomic mass is 10.1. The van der Waals surface area contributed by atoms with Crippen LogP contribution in [0.1, 0.15) is 41.0 Å². The van der Waals surface area contributed by atoms with Crippen molar-refractivity contribution in [3.05, 3.63) is 52.0 Å². The fourth-order valence-corrected chi connectivity index (χ4v) is 2.97. The Bertz CT molecular complexity index is 824. The number of amides is 2. The van der Waals surface area contributed by atoms with Crippen LogP contribution in [0.25, 0.3) is 0 Å². The van der Waals surface area contributed by atoms with Crippen LogP contribution in [0.4, 0.5) is 5.69 Å². The molecule has 2 N–H and O–H groups in total. The SMILES string of the molecule is CCCNC(=O)c1cccc(NC(=O)c2cc(Br)c(OCC)c(OC)c2)c1. The van der Waals surface area contributed by atoms with Gasteiger partial charge in [0.1, 0.15) is 0 Å². The van der Waals surface area contributed by atoms with Gasteiger partial charge in [-0.1, -0.05) is 13.0 Å². The van der Waals surface area contributed by atoms with E-state index in [0.717, 1.165) is 6.42 Å². The number of methoxy groups -OCH3 is 1. The Morgan fingerprint density at radius 3 is 2.52 bits per heavy atom. The highest BCUT2D eigenvalue weighted by Crippen LogP contribution is 2.36. The maximum absolute atomic E-state index is 12.6. The Kier molecular flexibility index (Phi) is 7.67. The number of rotatable bonds is 8. The van der Waals surface area contributed by atoms with Gasteiger partial charge in [-0.2, -0.15) is 0 Å². The molecule has 2 aromatic carbocycles. The van der Waals surface area contributed by atoms with Crippen LogP contribution in [0.5, 0.6) is 11.5 Å². The van der Waals surface area contributed by atoms with Crippen LogP contribution in [0.15, 0.2) is 40.9 Å². The Morgan fingerprint density at radius 2 is 1.85 bits per heavy atom. The molecular formula is C20H23BrN2O4. The molecule has 0 aliphatic rings. The summed E-state index contributed by atoms with van der Waals surface area (Å²) >= 11 is 3.41. The number of ether oxygens (including phenoxy) is 2. The van der Waals surface area contributed by atoms with Gasteiger partial charge in [0, 0.05) is 23.4 Å². The lowest BCUT2D eigenvalue weighted by Gasteiger charge is -2.13. The highest BCUT2D eigenvalue weighted by Gasteiger charge is 2.16. The number of nitrogens with one attached hydrogen (secondary N) is 2. The van der Waals surface area contributed by atoms with Crippen molar-refractivity contribution in [1.29, 1.82) is 0 Å². The summed E-state index contributed by atoms with van der Waals surface area (Å²) < 4.78 is 11.5. The summed E-state index contributed by atoms with van der Waals surface area (Å²) in [5.41, 5.74) is 1.43. The lowest BCUT2D eigenvalue weighted by molar-refractivity contribution is 0.0952. The fraction of sp³-hybridized carbons (Fsp3) is 0.300. The molecular weight excluding hydrogens is 412 g/mol. The Hall–Kier alpha value is -2.54. The molecule has 0 aliphatic carbocycles. The predicted octanol–water partition coefficient (Wildman–Crippen LogP) is 4.25.